The van der Waals surface area contributed by atoms with Crippen LogP contribution in [0.1, 0.15) is 25.7 Å². The van der Waals surface area contributed by atoms with Gasteiger partial charge in [0.25, 0.3) is 0 Å². The summed E-state index contributed by atoms with van der Waals surface area (Å²) in [6.07, 6.45) is 1.31. The summed E-state index contributed by atoms with van der Waals surface area (Å²) in [5, 5.41) is 0. The van der Waals surface area contributed by atoms with Gasteiger partial charge in [0, 0.05) is 17.3 Å². The van der Waals surface area contributed by atoms with Crippen LogP contribution in [-0.4, -0.2) is 23.2 Å². The van der Waals surface area contributed by atoms with E-state index in [2.05, 4.69) is 4.98 Å². The van der Waals surface area contributed by atoms with Crippen molar-refractivity contribution in [2.75, 3.05) is 7.11 Å². The van der Waals surface area contributed by atoms with E-state index in [0.717, 1.165) is 33.9 Å². The molecule has 0 saturated carbocycles. The van der Waals surface area contributed by atoms with Crippen LogP contribution in [0.25, 0.3) is 22.6 Å². The van der Waals surface area contributed by atoms with Crippen LogP contribution in [0.15, 0.2) is 54.7 Å². The van der Waals surface area contributed by atoms with Crippen molar-refractivity contribution in [1.29, 1.82) is 0 Å². The normalized spacial score (nSPS) is 14.6. The minimum absolute atomic E-state index is 0. The lowest BCUT2D eigenvalue weighted by atomic mass is 10.0. The number of nitrogens with zero attached hydrogens (tertiary/aromatic N) is 2. The molecule has 6 heteroatoms. The fourth-order valence-electron chi connectivity index (χ4n) is 2.95. The lowest BCUT2D eigenvalue weighted by molar-refractivity contribution is -0.113. The van der Waals surface area contributed by atoms with Crippen LogP contribution in [0.4, 0.5) is 0 Å². The Morgan fingerprint density at radius 2 is 1.78 bits per heavy atom. The maximum absolute atomic E-state index is 6.03. The Labute approximate surface area is 164 Å². The molecule has 1 aliphatic heterocycles. The van der Waals surface area contributed by atoms with Gasteiger partial charge < -0.3 is 14.2 Å². The van der Waals surface area contributed by atoms with Crippen LogP contribution in [0.3, 0.4) is 0 Å². The third-order valence-corrected chi connectivity index (χ3v) is 4.19. The molecule has 0 radical (unpaired) electrons. The summed E-state index contributed by atoms with van der Waals surface area (Å²) >= 11 is 0. The molecule has 5 nitrogen and oxygen atoms in total. The Hall–Kier alpha value is -2.63. The molecular formula is C21H21ClN2O3. The van der Waals surface area contributed by atoms with Gasteiger partial charge >= 0.3 is 0 Å². The Morgan fingerprint density at radius 1 is 1.04 bits per heavy atom. The number of benzene rings is 2. The van der Waals surface area contributed by atoms with Crippen LogP contribution in [0, 0.1) is 0 Å². The first-order valence-corrected chi connectivity index (χ1v) is 8.58. The van der Waals surface area contributed by atoms with E-state index in [9.17, 15) is 0 Å². The molecule has 4 rings (SSSR count). The fraction of sp³-hybridized carbons (Fsp3) is 0.238. The molecule has 2 heterocycles. The average Bonchev–Trinajstić information content (AvgIpc) is 2.67. The van der Waals surface area contributed by atoms with E-state index in [1.165, 1.54) is 0 Å². The van der Waals surface area contributed by atoms with Gasteiger partial charge in [-0.25, -0.2) is 9.97 Å². The fourth-order valence-corrected chi connectivity index (χ4v) is 2.95. The number of hydrogen-bond acceptors (Lipinski definition) is 5. The standard InChI is InChI=1S/C21H20N2O3.ClH/c1-13(2)25-21-17-12-22-20(14-8-10-15(24-3)11-9-14)23-19(17)16-6-4-5-7-18(16)26-21;/h4-13,21H,1-3H3;1H. The van der Waals surface area contributed by atoms with Crippen molar-refractivity contribution in [2.45, 2.75) is 26.2 Å². The van der Waals surface area contributed by atoms with Crippen LogP contribution in [0.5, 0.6) is 11.5 Å². The van der Waals surface area contributed by atoms with E-state index < -0.39 is 6.29 Å². The van der Waals surface area contributed by atoms with Gasteiger partial charge in [-0.3, -0.25) is 0 Å². The van der Waals surface area contributed by atoms with Gasteiger partial charge in [-0.15, -0.1) is 12.4 Å². The van der Waals surface area contributed by atoms with E-state index in [1.807, 2.05) is 62.4 Å². The first kappa shape index (κ1) is 19.1. The van der Waals surface area contributed by atoms with Crippen LogP contribution < -0.4 is 9.47 Å². The Kier molecular flexibility index (Phi) is 5.63. The molecule has 0 fully saturated rings. The number of halogens is 1. The average molecular weight is 385 g/mol. The number of para-hydroxylation sites is 1. The minimum Gasteiger partial charge on any atom is -0.497 e. The second-order valence-corrected chi connectivity index (χ2v) is 6.36. The summed E-state index contributed by atoms with van der Waals surface area (Å²) in [5.74, 6) is 2.23. The van der Waals surface area contributed by atoms with Gasteiger partial charge in [0.15, 0.2) is 5.82 Å². The maximum Gasteiger partial charge on any atom is 0.230 e. The van der Waals surface area contributed by atoms with Crippen molar-refractivity contribution < 1.29 is 14.2 Å². The lowest BCUT2D eigenvalue weighted by Crippen LogP contribution is -2.21. The van der Waals surface area contributed by atoms with E-state index in [-0.39, 0.29) is 18.5 Å². The van der Waals surface area contributed by atoms with Gasteiger partial charge in [-0.1, -0.05) is 12.1 Å². The zero-order chi connectivity index (χ0) is 18.1. The van der Waals surface area contributed by atoms with Crippen molar-refractivity contribution in [2.24, 2.45) is 0 Å². The van der Waals surface area contributed by atoms with Gasteiger partial charge in [-0.2, -0.15) is 0 Å². The molecule has 1 atom stereocenters. The molecule has 0 bridgehead atoms. The summed E-state index contributed by atoms with van der Waals surface area (Å²) < 4.78 is 17.2. The number of ether oxygens (including phenoxy) is 3. The third-order valence-electron chi connectivity index (χ3n) is 4.19. The van der Waals surface area contributed by atoms with Gasteiger partial charge in [0.1, 0.15) is 11.5 Å². The van der Waals surface area contributed by atoms with E-state index >= 15 is 0 Å². The van der Waals surface area contributed by atoms with Crippen LogP contribution in [-0.2, 0) is 4.74 Å². The molecule has 0 amide bonds. The SMILES string of the molecule is COc1ccc(-c2ncc3c(n2)-c2ccccc2OC3OC(C)C)cc1.Cl. The first-order chi connectivity index (χ1) is 12.7. The molecule has 0 aliphatic carbocycles. The summed E-state index contributed by atoms with van der Waals surface area (Å²) in [6, 6.07) is 15.6. The van der Waals surface area contributed by atoms with Crippen molar-refractivity contribution in [3.05, 3.63) is 60.3 Å². The van der Waals surface area contributed by atoms with E-state index in [4.69, 9.17) is 19.2 Å². The van der Waals surface area contributed by atoms with Crippen LogP contribution in [0.2, 0.25) is 0 Å². The molecule has 1 aromatic heterocycles. The highest BCUT2D eigenvalue weighted by Crippen LogP contribution is 2.42. The number of hydrogen-bond donors (Lipinski definition) is 0. The second-order valence-electron chi connectivity index (χ2n) is 6.36. The largest absolute Gasteiger partial charge is 0.497 e. The van der Waals surface area contributed by atoms with E-state index in [0.29, 0.717) is 5.82 Å². The smallest absolute Gasteiger partial charge is 0.230 e. The molecule has 0 saturated heterocycles. The Balaban J connectivity index is 0.00000210. The zero-order valence-corrected chi connectivity index (χ0v) is 16.2. The second kappa shape index (κ2) is 7.94. The van der Waals surface area contributed by atoms with Crippen molar-refractivity contribution in [1.82, 2.24) is 9.97 Å². The number of methoxy groups -OCH3 is 1. The Bertz CT molecular complexity index is 929. The van der Waals surface area contributed by atoms with Gasteiger partial charge in [0.2, 0.25) is 6.29 Å². The topological polar surface area (TPSA) is 53.5 Å². The van der Waals surface area contributed by atoms with Crippen LogP contribution >= 0.6 is 12.4 Å². The molecule has 1 unspecified atom stereocenters. The highest BCUT2D eigenvalue weighted by molar-refractivity contribution is 5.85. The molecule has 0 N–H and O–H groups in total. The van der Waals surface area contributed by atoms with Gasteiger partial charge in [0.05, 0.1) is 24.5 Å². The van der Waals surface area contributed by atoms with Crippen molar-refractivity contribution in [3.8, 4) is 34.1 Å². The molecule has 0 spiro atoms. The lowest BCUT2D eigenvalue weighted by Gasteiger charge is -2.29. The number of fused-ring (bicyclic) bond motifs is 3. The summed E-state index contributed by atoms with van der Waals surface area (Å²) in [4.78, 5) is 9.36. The quantitative estimate of drug-likeness (QED) is 0.629. The van der Waals surface area contributed by atoms with Gasteiger partial charge in [-0.05, 0) is 50.2 Å². The maximum atomic E-state index is 6.03. The molecule has 2 aromatic carbocycles. The minimum atomic E-state index is -0.509. The number of rotatable bonds is 4. The highest BCUT2D eigenvalue weighted by Gasteiger charge is 2.29. The molecular weight excluding hydrogens is 364 g/mol. The van der Waals surface area contributed by atoms with E-state index in [1.54, 1.807) is 13.3 Å². The molecule has 3 aromatic rings. The molecule has 140 valence electrons. The Morgan fingerprint density at radius 3 is 2.48 bits per heavy atom. The highest BCUT2D eigenvalue weighted by atomic mass is 35.5. The van der Waals surface area contributed by atoms with Crippen molar-refractivity contribution >= 4 is 12.4 Å². The van der Waals surface area contributed by atoms with Crippen molar-refractivity contribution in [3.63, 3.8) is 0 Å². The summed E-state index contributed by atoms with van der Waals surface area (Å²) in [7, 11) is 1.65. The first-order valence-electron chi connectivity index (χ1n) is 8.58. The summed E-state index contributed by atoms with van der Waals surface area (Å²) in [6.45, 7) is 3.96. The predicted octanol–water partition coefficient (Wildman–Crippen LogP) is 5.06. The summed E-state index contributed by atoms with van der Waals surface area (Å²) in [5.41, 5.74) is 3.56. The monoisotopic (exact) mass is 384 g/mol. The molecule has 27 heavy (non-hydrogen) atoms. The number of aromatic nitrogens is 2. The molecule has 1 aliphatic rings. The predicted molar refractivity (Wildman–Crippen MR) is 106 cm³/mol. The zero-order valence-electron chi connectivity index (χ0n) is 15.4. The third kappa shape index (κ3) is 3.75.